The van der Waals surface area contributed by atoms with Crippen molar-refractivity contribution in [2.75, 3.05) is 26.7 Å². The lowest BCUT2D eigenvalue weighted by molar-refractivity contribution is 0.0672. The fourth-order valence-corrected chi connectivity index (χ4v) is 2.65. The molecule has 2 heterocycles. The summed E-state index contributed by atoms with van der Waals surface area (Å²) in [6.45, 7) is 6.24. The summed E-state index contributed by atoms with van der Waals surface area (Å²) in [5.74, 6) is 1.23. The highest BCUT2D eigenvalue weighted by Crippen LogP contribution is 2.21. The average Bonchev–Trinajstić information content (AvgIpc) is 2.69. The SMILES string of the molecule is CNCC1CCCN(C(=O)c2c(C)noc2C)C1.Cl. The molecule has 1 saturated heterocycles. The first kappa shape index (κ1) is 16.0. The van der Waals surface area contributed by atoms with Gasteiger partial charge < -0.3 is 14.7 Å². The second-order valence-corrected chi connectivity index (χ2v) is 5.02. The predicted octanol–water partition coefficient (Wildman–Crippen LogP) is 1.78. The van der Waals surface area contributed by atoms with E-state index < -0.39 is 0 Å². The van der Waals surface area contributed by atoms with Crippen LogP contribution in [0, 0.1) is 19.8 Å². The van der Waals surface area contributed by atoms with E-state index in [4.69, 9.17) is 4.52 Å². The van der Waals surface area contributed by atoms with Crippen molar-refractivity contribution in [3.05, 3.63) is 17.0 Å². The number of halogens is 1. The van der Waals surface area contributed by atoms with Crippen LogP contribution in [0.1, 0.15) is 34.7 Å². The number of hydrogen-bond donors (Lipinski definition) is 1. The van der Waals surface area contributed by atoms with Crippen molar-refractivity contribution in [2.24, 2.45) is 5.92 Å². The van der Waals surface area contributed by atoms with Crippen molar-refractivity contribution in [3.63, 3.8) is 0 Å². The summed E-state index contributed by atoms with van der Waals surface area (Å²) in [5, 5.41) is 7.04. The molecule has 0 spiro atoms. The average molecular weight is 288 g/mol. The molecule has 1 aromatic rings. The van der Waals surface area contributed by atoms with Crippen LogP contribution in [0.5, 0.6) is 0 Å². The Hall–Kier alpha value is -1.07. The monoisotopic (exact) mass is 287 g/mol. The molecule has 6 heteroatoms. The van der Waals surface area contributed by atoms with Gasteiger partial charge in [0.15, 0.2) is 0 Å². The van der Waals surface area contributed by atoms with Crippen LogP contribution in [-0.2, 0) is 0 Å². The zero-order valence-electron chi connectivity index (χ0n) is 11.7. The molecule has 5 nitrogen and oxygen atoms in total. The maximum Gasteiger partial charge on any atom is 0.259 e. The summed E-state index contributed by atoms with van der Waals surface area (Å²) in [6.07, 6.45) is 2.26. The lowest BCUT2D eigenvalue weighted by Gasteiger charge is -2.32. The summed E-state index contributed by atoms with van der Waals surface area (Å²) in [4.78, 5) is 14.4. The summed E-state index contributed by atoms with van der Waals surface area (Å²) in [5.41, 5.74) is 1.33. The number of piperidine rings is 1. The maximum atomic E-state index is 12.5. The smallest absolute Gasteiger partial charge is 0.259 e. The van der Waals surface area contributed by atoms with Crippen molar-refractivity contribution < 1.29 is 9.32 Å². The van der Waals surface area contributed by atoms with Crippen LogP contribution in [0.25, 0.3) is 0 Å². The number of carbonyl (C=O) groups is 1. The van der Waals surface area contributed by atoms with E-state index in [1.54, 1.807) is 6.92 Å². The zero-order valence-corrected chi connectivity index (χ0v) is 12.5. The van der Waals surface area contributed by atoms with E-state index in [-0.39, 0.29) is 18.3 Å². The summed E-state index contributed by atoms with van der Waals surface area (Å²) < 4.78 is 5.07. The number of carbonyl (C=O) groups excluding carboxylic acids is 1. The number of hydrogen-bond acceptors (Lipinski definition) is 4. The molecule has 0 aliphatic carbocycles. The van der Waals surface area contributed by atoms with E-state index in [0.29, 0.717) is 22.9 Å². The zero-order chi connectivity index (χ0) is 13.1. The van der Waals surface area contributed by atoms with Crippen molar-refractivity contribution in [1.29, 1.82) is 0 Å². The second-order valence-electron chi connectivity index (χ2n) is 5.02. The highest BCUT2D eigenvalue weighted by molar-refractivity contribution is 5.96. The highest BCUT2D eigenvalue weighted by atomic mass is 35.5. The van der Waals surface area contributed by atoms with Crippen LogP contribution in [0.2, 0.25) is 0 Å². The van der Waals surface area contributed by atoms with E-state index in [9.17, 15) is 4.79 Å². The molecule has 1 aliphatic rings. The number of aryl methyl sites for hydroxylation is 2. The first-order valence-corrected chi connectivity index (χ1v) is 6.50. The summed E-state index contributed by atoms with van der Waals surface area (Å²) in [7, 11) is 1.95. The standard InChI is InChI=1S/C13H21N3O2.ClH/c1-9-12(10(2)18-15-9)13(17)16-6-4-5-11(8-16)7-14-3;/h11,14H,4-8H2,1-3H3;1H. The van der Waals surface area contributed by atoms with Gasteiger partial charge in [-0.05, 0) is 46.2 Å². The molecule has 2 rings (SSSR count). The fourth-order valence-electron chi connectivity index (χ4n) is 2.65. The Morgan fingerprint density at radius 3 is 2.84 bits per heavy atom. The van der Waals surface area contributed by atoms with Crippen LogP contribution < -0.4 is 5.32 Å². The predicted molar refractivity (Wildman–Crippen MR) is 75.8 cm³/mol. The minimum absolute atomic E-state index is 0. The molecule has 1 aliphatic heterocycles. The second kappa shape index (κ2) is 6.91. The van der Waals surface area contributed by atoms with Gasteiger partial charge in [-0.3, -0.25) is 4.79 Å². The molecule has 1 fully saturated rings. The third-order valence-corrected chi connectivity index (χ3v) is 3.55. The molecular formula is C13H22ClN3O2. The molecule has 108 valence electrons. The van der Waals surface area contributed by atoms with Crippen molar-refractivity contribution in [3.8, 4) is 0 Å². The molecule has 1 unspecified atom stereocenters. The van der Waals surface area contributed by atoms with Crippen LogP contribution in [0.15, 0.2) is 4.52 Å². The third-order valence-electron chi connectivity index (χ3n) is 3.55. The van der Waals surface area contributed by atoms with Crippen LogP contribution in [0.4, 0.5) is 0 Å². The maximum absolute atomic E-state index is 12.5. The number of rotatable bonds is 3. The molecule has 0 aromatic carbocycles. The number of aromatic nitrogens is 1. The van der Waals surface area contributed by atoms with E-state index >= 15 is 0 Å². The Balaban J connectivity index is 0.00000180. The largest absolute Gasteiger partial charge is 0.361 e. The van der Waals surface area contributed by atoms with E-state index in [0.717, 1.165) is 26.1 Å². The van der Waals surface area contributed by atoms with Crippen molar-refractivity contribution >= 4 is 18.3 Å². The molecule has 1 N–H and O–H groups in total. The van der Waals surface area contributed by atoms with Gasteiger partial charge in [0.25, 0.3) is 5.91 Å². The number of nitrogens with zero attached hydrogens (tertiary/aromatic N) is 2. The van der Waals surface area contributed by atoms with E-state index in [1.165, 1.54) is 6.42 Å². The lowest BCUT2D eigenvalue weighted by atomic mass is 9.97. The number of amides is 1. The van der Waals surface area contributed by atoms with Crippen LogP contribution in [0.3, 0.4) is 0 Å². The minimum Gasteiger partial charge on any atom is -0.361 e. The Bertz CT molecular complexity index is 412. The van der Waals surface area contributed by atoms with Crippen molar-refractivity contribution in [1.82, 2.24) is 15.4 Å². The molecule has 1 atom stereocenters. The van der Waals surface area contributed by atoms with E-state index in [2.05, 4.69) is 10.5 Å². The van der Waals surface area contributed by atoms with E-state index in [1.807, 2.05) is 18.9 Å². The van der Waals surface area contributed by atoms with Crippen molar-refractivity contribution in [2.45, 2.75) is 26.7 Å². The molecule has 1 aromatic heterocycles. The topological polar surface area (TPSA) is 58.4 Å². The van der Waals surface area contributed by atoms with Gasteiger partial charge in [0.05, 0.1) is 5.69 Å². The number of nitrogens with one attached hydrogen (secondary N) is 1. The Labute approximate surface area is 120 Å². The number of likely N-dealkylation sites (tertiary alicyclic amines) is 1. The third kappa shape index (κ3) is 3.48. The molecule has 1 amide bonds. The Morgan fingerprint density at radius 1 is 1.53 bits per heavy atom. The van der Waals surface area contributed by atoms with Crippen LogP contribution >= 0.6 is 12.4 Å². The van der Waals surface area contributed by atoms with Gasteiger partial charge in [0.1, 0.15) is 11.3 Å². The van der Waals surface area contributed by atoms with Crippen LogP contribution in [-0.4, -0.2) is 42.6 Å². The minimum atomic E-state index is 0. The van der Waals surface area contributed by atoms with Gasteiger partial charge in [0, 0.05) is 13.1 Å². The first-order valence-electron chi connectivity index (χ1n) is 6.50. The summed E-state index contributed by atoms with van der Waals surface area (Å²) >= 11 is 0. The molecule has 0 radical (unpaired) electrons. The highest BCUT2D eigenvalue weighted by Gasteiger charge is 2.27. The first-order chi connectivity index (χ1) is 8.63. The Morgan fingerprint density at radius 2 is 2.26 bits per heavy atom. The fraction of sp³-hybridized carbons (Fsp3) is 0.692. The van der Waals surface area contributed by atoms with Gasteiger partial charge in [-0.25, -0.2) is 0 Å². The summed E-state index contributed by atoms with van der Waals surface area (Å²) in [6, 6.07) is 0. The van der Waals surface area contributed by atoms with Gasteiger partial charge in [-0.2, -0.15) is 0 Å². The van der Waals surface area contributed by atoms with Gasteiger partial charge in [-0.15, -0.1) is 12.4 Å². The normalized spacial score (nSPS) is 19.1. The molecule has 0 bridgehead atoms. The van der Waals surface area contributed by atoms with Gasteiger partial charge in [0.2, 0.25) is 0 Å². The van der Waals surface area contributed by atoms with Gasteiger partial charge in [-0.1, -0.05) is 5.16 Å². The molecular weight excluding hydrogens is 266 g/mol. The lowest BCUT2D eigenvalue weighted by Crippen LogP contribution is -2.42. The molecule has 0 saturated carbocycles. The molecule has 19 heavy (non-hydrogen) atoms. The quantitative estimate of drug-likeness (QED) is 0.921. The van der Waals surface area contributed by atoms with Gasteiger partial charge >= 0.3 is 0 Å². The Kier molecular flexibility index (Phi) is 5.82.